The fraction of sp³-hybridized carbons (Fsp3) is 0.630. The van der Waals surface area contributed by atoms with Crippen molar-refractivity contribution in [3.05, 3.63) is 36.5 Å². The number of fused-ring (bicyclic) bond motifs is 5. The Morgan fingerprint density at radius 1 is 1.00 bits per heavy atom. The molecule has 204 valence electrons. The first-order valence-electron chi connectivity index (χ1n) is 13.2. The molecule has 2 amide bonds. The molecule has 10 heteroatoms. The Kier molecular flexibility index (Phi) is 10.4. The number of nitrogens with zero attached hydrogens (tertiary/aromatic N) is 4. The first-order chi connectivity index (χ1) is 17.0. The van der Waals surface area contributed by atoms with E-state index in [-0.39, 0.29) is 72.8 Å². The van der Waals surface area contributed by atoms with Crippen molar-refractivity contribution in [1.82, 2.24) is 14.8 Å². The van der Waals surface area contributed by atoms with E-state index in [0.717, 1.165) is 57.7 Å². The van der Waals surface area contributed by atoms with Crippen LogP contribution in [0.15, 0.2) is 36.5 Å². The van der Waals surface area contributed by atoms with Crippen LogP contribution >= 0.6 is 24.8 Å². The molecule has 0 radical (unpaired) electrons. The van der Waals surface area contributed by atoms with Gasteiger partial charge in [-0.05, 0) is 36.8 Å². The van der Waals surface area contributed by atoms with E-state index < -0.39 is 6.10 Å². The van der Waals surface area contributed by atoms with Gasteiger partial charge in [-0.2, -0.15) is 0 Å². The zero-order chi connectivity index (χ0) is 24.4. The van der Waals surface area contributed by atoms with Gasteiger partial charge in [-0.1, -0.05) is 38.0 Å². The van der Waals surface area contributed by atoms with Crippen molar-refractivity contribution in [3.8, 4) is 0 Å². The number of carbonyl (C=O) groups is 3. The molecule has 4 aliphatic rings. The summed E-state index contributed by atoms with van der Waals surface area (Å²) in [5, 5.41) is 0. The standard InChI is InChI=1S/C27H36N4O4.2ClH/c1-2-3-4-8-23(32)35-21(17-29-12-14-30(15-13-29)22-7-5-6-11-28-22)18-31-26(33)24-19-9-10-20(16-19)25(24)27(31)34;;/h5-7,9-11,19-21,24-25H,2-4,8,12-18H2,1H3;2*1H/t19-,20?,21?,24-,25?;;/m0../s1. The second kappa shape index (κ2) is 13.1. The fourth-order valence-electron chi connectivity index (χ4n) is 6.23. The van der Waals surface area contributed by atoms with Gasteiger partial charge in [-0.15, -0.1) is 24.8 Å². The molecule has 0 N–H and O–H groups in total. The van der Waals surface area contributed by atoms with Crippen LogP contribution in [0.2, 0.25) is 0 Å². The summed E-state index contributed by atoms with van der Waals surface area (Å²) < 4.78 is 5.89. The number of pyridine rings is 1. The highest BCUT2D eigenvalue weighted by Crippen LogP contribution is 2.52. The quantitative estimate of drug-likeness (QED) is 0.190. The third-order valence-corrected chi connectivity index (χ3v) is 8.04. The lowest BCUT2D eigenvalue weighted by Gasteiger charge is -2.37. The van der Waals surface area contributed by atoms with Crippen molar-refractivity contribution < 1.29 is 19.1 Å². The van der Waals surface area contributed by atoms with E-state index in [1.807, 2.05) is 18.2 Å². The smallest absolute Gasteiger partial charge is 0.306 e. The summed E-state index contributed by atoms with van der Waals surface area (Å²) in [4.78, 5) is 49.4. The maximum absolute atomic E-state index is 13.2. The summed E-state index contributed by atoms with van der Waals surface area (Å²) in [6.45, 7) is 6.05. The molecule has 5 atom stereocenters. The van der Waals surface area contributed by atoms with Gasteiger partial charge in [0.05, 0.1) is 18.4 Å². The molecule has 1 aromatic rings. The second-order valence-electron chi connectivity index (χ2n) is 10.3. The van der Waals surface area contributed by atoms with Crippen molar-refractivity contribution in [2.75, 3.05) is 44.2 Å². The monoisotopic (exact) mass is 552 g/mol. The summed E-state index contributed by atoms with van der Waals surface area (Å²) in [7, 11) is 0. The van der Waals surface area contributed by atoms with Crippen LogP contribution in [-0.2, 0) is 19.1 Å². The van der Waals surface area contributed by atoms with E-state index in [2.05, 4.69) is 33.9 Å². The molecule has 8 nitrogen and oxygen atoms in total. The average molecular weight is 554 g/mol. The zero-order valence-corrected chi connectivity index (χ0v) is 23.0. The molecule has 1 saturated carbocycles. The minimum atomic E-state index is -0.511. The number of carbonyl (C=O) groups excluding carboxylic acids is 3. The third kappa shape index (κ3) is 6.29. The van der Waals surface area contributed by atoms with Crippen molar-refractivity contribution in [2.45, 2.75) is 45.1 Å². The number of unbranched alkanes of at least 4 members (excludes halogenated alkanes) is 2. The van der Waals surface area contributed by atoms with E-state index in [0.29, 0.717) is 13.0 Å². The minimum Gasteiger partial charge on any atom is -0.459 e. The molecule has 1 aromatic heterocycles. The van der Waals surface area contributed by atoms with Gasteiger partial charge < -0.3 is 9.64 Å². The SMILES string of the molecule is CCCCCC(=O)OC(CN1CCN(c2ccccn2)CC1)CN1C(=O)C2C3C=C[C@@H](C3)[C@@H]2C1=O.Cl.Cl. The molecule has 2 aliphatic carbocycles. The van der Waals surface area contributed by atoms with Crippen LogP contribution in [0.1, 0.15) is 39.0 Å². The van der Waals surface area contributed by atoms with Gasteiger partial charge in [0.15, 0.2) is 0 Å². The Hall–Kier alpha value is -2.16. The predicted molar refractivity (Wildman–Crippen MR) is 146 cm³/mol. The maximum atomic E-state index is 13.2. The average Bonchev–Trinajstić information content (AvgIpc) is 3.55. The lowest BCUT2D eigenvalue weighted by atomic mass is 9.85. The van der Waals surface area contributed by atoms with Gasteiger partial charge in [0, 0.05) is 45.3 Å². The van der Waals surface area contributed by atoms with E-state index >= 15 is 0 Å². The topological polar surface area (TPSA) is 83.1 Å². The number of imide groups is 1. The molecule has 0 spiro atoms. The number of halogens is 2. The van der Waals surface area contributed by atoms with Gasteiger partial charge >= 0.3 is 5.97 Å². The summed E-state index contributed by atoms with van der Waals surface area (Å²) in [5.41, 5.74) is 0. The second-order valence-corrected chi connectivity index (χ2v) is 10.3. The van der Waals surface area contributed by atoms with Crippen molar-refractivity contribution in [1.29, 1.82) is 0 Å². The molecule has 3 heterocycles. The normalized spacial score (nSPS) is 27.1. The number of allylic oxidation sites excluding steroid dienone is 2. The summed E-state index contributed by atoms with van der Waals surface area (Å²) in [5.74, 6) is 0.487. The number of amides is 2. The minimum absolute atomic E-state index is 0. The van der Waals surface area contributed by atoms with Crippen LogP contribution in [0.5, 0.6) is 0 Å². The summed E-state index contributed by atoms with van der Waals surface area (Å²) in [6, 6.07) is 5.92. The molecule has 0 aromatic carbocycles. The van der Waals surface area contributed by atoms with Crippen molar-refractivity contribution in [2.24, 2.45) is 23.7 Å². The lowest BCUT2D eigenvalue weighted by Crippen LogP contribution is -2.51. The van der Waals surface area contributed by atoms with Crippen molar-refractivity contribution in [3.63, 3.8) is 0 Å². The Morgan fingerprint density at radius 2 is 1.68 bits per heavy atom. The van der Waals surface area contributed by atoms with Crippen LogP contribution in [0, 0.1) is 23.7 Å². The van der Waals surface area contributed by atoms with Gasteiger partial charge in [0.1, 0.15) is 11.9 Å². The highest BCUT2D eigenvalue weighted by atomic mass is 35.5. The Balaban J connectivity index is 0.00000190. The van der Waals surface area contributed by atoms with E-state index in [1.54, 1.807) is 6.20 Å². The van der Waals surface area contributed by atoms with Crippen LogP contribution in [0.25, 0.3) is 0 Å². The number of piperazine rings is 1. The van der Waals surface area contributed by atoms with Crippen molar-refractivity contribution >= 4 is 48.4 Å². The van der Waals surface area contributed by atoms with Gasteiger partial charge in [0.2, 0.25) is 11.8 Å². The summed E-state index contributed by atoms with van der Waals surface area (Å²) in [6.07, 6.45) is 9.60. The molecule has 3 fully saturated rings. The number of rotatable bonds is 10. The summed E-state index contributed by atoms with van der Waals surface area (Å²) >= 11 is 0. The van der Waals surface area contributed by atoms with Crippen LogP contribution in [-0.4, -0.2) is 77.9 Å². The fourth-order valence-corrected chi connectivity index (χ4v) is 6.23. The molecular weight excluding hydrogens is 515 g/mol. The molecule has 2 bridgehead atoms. The third-order valence-electron chi connectivity index (χ3n) is 8.04. The van der Waals surface area contributed by atoms with Gasteiger partial charge in [-0.25, -0.2) is 4.98 Å². The Labute approximate surface area is 231 Å². The first kappa shape index (κ1) is 29.4. The molecular formula is C27H38Cl2N4O4. The number of ether oxygens (including phenoxy) is 1. The zero-order valence-electron chi connectivity index (χ0n) is 21.4. The number of likely N-dealkylation sites (tertiary alicyclic amines) is 1. The largest absolute Gasteiger partial charge is 0.459 e. The van der Waals surface area contributed by atoms with Gasteiger partial charge in [-0.3, -0.25) is 24.2 Å². The molecule has 3 unspecified atom stereocenters. The number of hydrogen-bond donors (Lipinski definition) is 0. The number of hydrogen-bond acceptors (Lipinski definition) is 7. The molecule has 2 aliphatic heterocycles. The molecule has 5 rings (SSSR count). The Bertz CT molecular complexity index is 940. The van der Waals surface area contributed by atoms with Crippen LogP contribution in [0.4, 0.5) is 5.82 Å². The Morgan fingerprint density at radius 3 is 2.27 bits per heavy atom. The van der Waals surface area contributed by atoms with E-state index in [9.17, 15) is 14.4 Å². The number of aromatic nitrogens is 1. The molecule has 2 saturated heterocycles. The maximum Gasteiger partial charge on any atom is 0.306 e. The van der Waals surface area contributed by atoms with Gasteiger partial charge in [0.25, 0.3) is 0 Å². The van der Waals surface area contributed by atoms with E-state index in [4.69, 9.17) is 4.74 Å². The van der Waals surface area contributed by atoms with E-state index in [1.165, 1.54) is 4.90 Å². The first-order valence-corrected chi connectivity index (χ1v) is 13.2. The lowest BCUT2D eigenvalue weighted by molar-refractivity contribution is -0.155. The number of anilines is 1. The predicted octanol–water partition coefficient (Wildman–Crippen LogP) is 3.35. The highest BCUT2D eigenvalue weighted by molar-refractivity contribution is 6.06. The van der Waals surface area contributed by atoms with Crippen LogP contribution in [0.3, 0.4) is 0 Å². The number of esters is 1. The van der Waals surface area contributed by atoms with Crippen LogP contribution < -0.4 is 4.90 Å². The highest BCUT2D eigenvalue weighted by Gasteiger charge is 2.59. The molecule has 37 heavy (non-hydrogen) atoms.